The van der Waals surface area contributed by atoms with E-state index < -0.39 is 0 Å². The SMILES string of the molecule is CCNC(C)C1CCCN(CCOCC(C)C)C1. The van der Waals surface area contributed by atoms with Gasteiger partial charge in [0.15, 0.2) is 0 Å². The standard InChI is InChI=1S/C15H32N2O/c1-5-16-14(4)15-7-6-8-17(11-15)9-10-18-12-13(2)3/h13-16H,5-12H2,1-4H3. The van der Waals surface area contributed by atoms with Crippen LogP contribution in [0.2, 0.25) is 0 Å². The Labute approximate surface area is 113 Å². The van der Waals surface area contributed by atoms with E-state index in [-0.39, 0.29) is 0 Å². The second-order valence-corrected chi connectivity index (χ2v) is 6.02. The average Bonchev–Trinajstić information content (AvgIpc) is 2.35. The first kappa shape index (κ1) is 15.9. The smallest absolute Gasteiger partial charge is 0.0593 e. The Morgan fingerprint density at radius 3 is 2.78 bits per heavy atom. The van der Waals surface area contributed by atoms with Crippen LogP contribution in [0.1, 0.15) is 40.5 Å². The first-order valence-electron chi connectivity index (χ1n) is 7.67. The van der Waals surface area contributed by atoms with Crippen LogP contribution in [0.4, 0.5) is 0 Å². The highest BCUT2D eigenvalue weighted by Gasteiger charge is 2.23. The lowest BCUT2D eigenvalue weighted by molar-refractivity contribution is 0.0670. The summed E-state index contributed by atoms with van der Waals surface area (Å²) in [4.78, 5) is 2.57. The molecule has 1 N–H and O–H groups in total. The summed E-state index contributed by atoms with van der Waals surface area (Å²) < 4.78 is 5.68. The molecule has 108 valence electrons. The normalized spacial score (nSPS) is 23.5. The van der Waals surface area contributed by atoms with Crippen LogP contribution in [0.3, 0.4) is 0 Å². The van der Waals surface area contributed by atoms with Gasteiger partial charge in [-0.1, -0.05) is 20.8 Å². The molecule has 1 rings (SSSR count). The molecule has 1 aliphatic heterocycles. The largest absolute Gasteiger partial charge is 0.380 e. The van der Waals surface area contributed by atoms with Crippen molar-refractivity contribution < 1.29 is 4.74 Å². The molecular formula is C15H32N2O. The Kier molecular flexibility index (Phi) is 7.87. The Bertz CT molecular complexity index is 209. The molecule has 18 heavy (non-hydrogen) atoms. The Hall–Kier alpha value is -0.120. The van der Waals surface area contributed by atoms with Crippen molar-refractivity contribution in [1.82, 2.24) is 10.2 Å². The highest BCUT2D eigenvalue weighted by molar-refractivity contribution is 4.80. The van der Waals surface area contributed by atoms with Crippen LogP contribution in [-0.2, 0) is 4.74 Å². The van der Waals surface area contributed by atoms with Crippen LogP contribution in [0.15, 0.2) is 0 Å². The summed E-state index contributed by atoms with van der Waals surface area (Å²) in [7, 11) is 0. The zero-order valence-electron chi connectivity index (χ0n) is 12.7. The van der Waals surface area contributed by atoms with Crippen molar-refractivity contribution in [2.75, 3.05) is 39.4 Å². The number of nitrogens with one attached hydrogen (secondary N) is 1. The number of ether oxygens (including phenoxy) is 1. The predicted molar refractivity (Wildman–Crippen MR) is 78.0 cm³/mol. The van der Waals surface area contributed by atoms with Gasteiger partial charge in [0.05, 0.1) is 6.61 Å². The first-order valence-corrected chi connectivity index (χ1v) is 7.67. The van der Waals surface area contributed by atoms with Gasteiger partial charge < -0.3 is 15.0 Å². The molecule has 0 aromatic carbocycles. The van der Waals surface area contributed by atoms with Gasteiger partial charge in [0, 0.05) is 25.7 Å². The molecule has 0 aromatic heterocycles. The quantitative estimate of drug-likeness (QED) is 0.675. The molecule has 1 heterocycles. The van der Waals surface area contributed by atoms with Crippen molar-refractivity contribution in [3.63, 3.8) is 0 Å². The number of likely N-dealkylation sites (tertiary alicyclic amines) is 1. The molecule has 0 aliphatic carbocycles. The van der Waals surface area contributed by atoms with Gasteiger partial charge in [-0.25, -0.2) is 0 Å². The third-order valence-corrected chi connectivity index (χ3v) is 3.78. The van der Waals surface area contributed by atoms with Gasteiger partial charge >= 0.3 is 0 Å². The minimum absolute atomic E-state index is 0.646. The predicted octanol–water partition coefficient (Wildman–Crippen LogP) is 2.37. The second-order valence-electron chi connectivity index (χ2n) is 6.02. The Balaban J connectivity index is 2.18. The van der Waals surface area contributed by atoms with Crippen LogP contribution < -0.4 is 5.32 Å². The summed E-state index contributed by atoms with van der Waals surface area (Å²) in [6.07, 6.45) is 2.71. The van der Waals surface area contributed by atoms with Crippen LogP contribution in [0, 0.1) is 11.8 Å². The van der Waals surface area contributed by atoms with E-state index in [1.807, 2.05) is 0 Å². The number of nitrogens with zero attached hydrogens (tertiary/aromatic N) is 1. The van der Waals surface area contributed by atoms with E-state index >= 15 is 0 Å². The van der Waals surface area contributed by atoms with Crippen molar-refractivity contribution in [3.8, 4) is 0 Å². The Morgan fingerprint density at radius 1 is 1.33 bits per heavy atom. The number of piperidine rings is 1. The molecule has 3 nitrogen and oxygen atoms in total. The van der Waals surface area contributed by atoms with Crippen molar-refractivity contribution in [2.24, 2.45) is 11.8 Å². The fraction of sp³-hybridized carbons (Fsp3) is 1.00. The molecule has 1 fully saturated rings. The van der Waals surface area contributed by atoms with E-state index in [1.54, 1.807) is 0 Å². The van der Waals surface area contributed by atoms with Gasteiger partial charge in [0.1, 0.15) is 0 Å². The molecule has 0 saturated carbocycles. The lowest BCUT2D eigenvalue weighted by atomic mass is 9.91. The molecule has 0 aromatic rings. The molecule has 2 atom stereocenters. The third kappa shape index (κ3) is 6.17. The van der Waals surface area contributed by atoms with E-state index in [2.05, 4.69) is 37.9 Å². The first-order chi connectivity index (χ1) is 8.63. The van der Waals surface area contributed by atoms with Crippen molar-refractivity contribution in [1.29, 1.82) is 0 Å². The molecule has 1 saturated heterocycles. The minimum Gasteiger partial charge on any atom is -0.380 e. The lowest BCUT2D eigenvalue weighted by Gasteiger charge is -2.36. The molecule has 2 unspecified atom stereocenters. The zero-order chi connectivity index (χ0) is 13.4. The van der Waals surface area contributed by atoms with Crippen molar-refractivity contribution in [3.05, 3.63) is 0 Å². The number of rotatable bonds is 8. The van der Waals surface area contributed by atoms with E-state index in [4.69, 9.17) is 4.74 Å². The average molecular weight is 256 g/mol. The highest BCUT2D eigenvalue weighted by atomic mass is 16.5. The topological polar surface area (TPSA) is 24.5 Å². The summed E-state index contributed by atoms with van der Waals surface area (Å²) >= 11 is 0. The van der Waals surface area contributed by atoms with Crippen LogP contribution in [-0.4, -0.2) is 50.3 Å². The fourth-order valence-corrected chi connectivity index (χ4v) is 2.70. The molecule has 3 heteroatoms. The summed E-state index contributed by atoms with van der Waals surface area (Å²) in [5.41, 5.74) is 0. The van der Waals surface area contributed by atoms with E-state index in [0.29, 0.717) is 12.0 Å². The van der Waals surface area contributed by atoms with Gasteiger partial charge in [-0.15, -0.1) is 0 Å². The maximum atomic E-state index is 5.68. The van der Waals surface area contributed by atoms with Crippen molar-refractivity contribution >= 4 is 0 Å². The summed E-state index contributed by atoms with van der Waals surface area (Å²) in [5.74, 6) is 1.46. The van der Waals surface area contributed by atoms with Gasteiger partial charge in [0.25, 0.3) is 0 Å². The van der Waals surface area contributed by atoms with Crippen molar-refractivity contribution in [2.45, 2.75) is 46.6 Å². The van der Waals surface area contributed by atoms with Gasteiger partial charge in [-0.05, 0) is 44.7 Å². The van der Waals surface area contributed by atoms with Crippen LogP contribution in [0.25, 0.3) is 0 Å². The molecule has 0 radical (unpaired) electrons. The van der Waals surface area contributed by atoms with E-state index in [0.717, 1.165) is 32.2 Å². The van der Waals surface area contributed by atoms with Gasteiger partial charge in [-0.2, -0.15) is 0 Å². The summed E-state index contributed by atoms with van der Waals surface area (Å²) in [6, 6.07) is 0.648. The number of hydrogen-bond acceptors (Lipinski definition) is 3. The van der Waals surface area contributed by atoms with Crippen LogP contribution in [0.5, 0.6) is 0 Å². The minimum atomic E-state index is 0.646. The summed E-state index contributed by atoms with van der Waals surface area (Å²) in [5, 5.41) is 3.56. The summed E-state index contributed by atoms with van der Waals surface area (Å²) in [6.45, 7) is 15.4. The fourth-order valence-electron chi connectivity index (χ4n) is 2.70. The monoisotopic (exact) mass is 256 g/mol. The second kappa shape index (κ2) is 8.89. The highest BCUT2D eigenvalue weighted by Crippen LogP contribution is 2.19. The number of hydrogen-bond donors (Lipinski definition) is 1. The molecular weight excluding hydrogens is 224 g/mol. The van der Waals surface area contributed by atoms with Gasteiger partial charge in [-0.3, -0.25) is 0 Å². The van der Waals surface area contributed by atoms with E-state index in [9.17, 15) is 0 Å². The maximum Gasteiger partial charge on any atom is 0.0593 e. The van der Waals surface area contributed by atoms with Crippen LogP contribution >= 0.6 is 0 Å². The Morgan fingerprint density at radius 2 is 2.11 bits per heavy atom. The molecule has 1 aliphatic rings. The zero-order valence-corrected chi connectivity index (χ0v) is 12.7. The molecule has 0 bridgehead atoms. The maximum absolute atomic E-state index is 5.68. The van der Waals surface area contributed by atoms with E-state index in [1.165, 1.54) is 25.9 Å². The lowest BCUT2D eigenvalue weighted by Crippen LogP contribution is -2.45. The third-order valence-electron chi connectivity index (χ3n) is 3.78. The molecule has 0 spiro atoms. The molecule has 0 amide bonds. The van der Waals surface area contributed by atoms with Gasteiger partial charge in [0.2, 0.25) is 0 Å².